The summed E-state index contributed by atoms with van der Waals surface area (Å²) in [4.78, 5) is 24.5. The summed E-state index contributed by atoms with van der Waals surface area (Å²) in [5.41, 5.74) is -1.14. The van der Waals surface area contributed by atoms with E-state index in [4.69, 9.17) is 5.26 Å². The zero-order valence-corrected chi connectivity index (χ0v) is 9.30. The van der Waals surface area contributed by atoms with Crippen molar-refractivity contribution in [1.82, 2.24) is 9.55 Å². The van der Waals surface area contributed by atoms with E-state index in [-0.39, 0.29) is 10.8 Å². The molecule has 1 aromatic rings. The molecule has 0 fully saturated rings. The maximum absolute atomic E-state index is 11.3. The lowest BCUT2D eigenvalue weighted by Crippen LogP contribution is -2.32. The minimum Gasteiger partial charge on any atom is -0.298 e. The fourth-order valence-corrected chi connectivity index (χ4v) is 1.39. The van der Waals surface area contributed by atoms with Gasteiger partial charge in [-0.2, -0.15) is 17.0 Å². The molecule has 6 heteroatoms. The normalized spacial score (nSPS) is 12.1. The molecule has 0 spiro atoms. The standard InChI is InChI=1S/C9H11N3O2S/c1-6(15-2)4-12-5-7(3-10)8(13)11-9(12)14/h5-6H,4H2,1-2H3,(H,11,13,14). The van der Waals surface area contributed by atoms with Crippen molar-refractivity contribution < 1.29 is 0 Å². The Bertz CT molecular complexity index is 497. The molecule has 0 aliphatic heterocycles. The molecule has 0 saturated carbocycles. The van der Waals surface area contributed by atoms with Gasteiger partial charge < -0.3 is 0 Å². The maximum atomic E-state index is 11.3. The van der Waals surface area contributed by atoms with E-state index in [1.807, 2.05) is 13.2 Å². The first kappa shape index (κ1) is 11.6. The number of thioether (sulfide) groups is 1. The molecule has 1 atom stereocenters. The van der Waals surface area contributed by atoms with Crippen molar-refractivity contribution in [2.75, 3.05) is 6.26 Å². The first-order valence-corrected chi connectivity index (χ1v) is 5.64. The minimum atomic E-state index is -0.629. The fraction of sp³-hybridized carbons (Fsp3) is 0.444. The van der Waals surface area contributed by atoms with Gasteiger partial charge in [0.25, 0.3) is 5.56 Å². The van der Waals surface area contributed by atoms with Gasteiger partial charge >= 0.3 is 5.69 Å². The molecule has 1 rings (SSSR count). The molecule has 0 aromatic carbocycles. The third-order valence-electron chi connectivity index (χ3n) is 1.99. The Kier molecular flexibility index (Phi) is 3.74. The Morgan fingerprint density at radius 3 is 2.87 bits per heavy atom. The lowest BCUT2D eigenvalue weighted by molar-refractivity contribution is 0.641. The van der Waals surface area contributed by atoms with E-state index in [9.17, 15) is 9.59 Å². The van der Waals surface area contributed by atoms with Crippen molar-refractivity contribution >= 4 is 11.8 Å². The van der Waals surface area contributed by atoms with E-state index in [2.05, 4.69) is 4.98 Å². The summed E-state index contributed by atoms with van der Waals surface area (Å²) in [5, 5.41) is 8.88. The van der Waals surface area contributed by atoms with E-state index >= 15 is 0 Å². The SMILES string of the molecule is CSC(C)Cn1cc(C#N)c(=O)[nH]c1=O. The first-order valence-electron chi connectivity index (χ1n) is 4.35. The van der Waals surface area contributed by atoms with Gasteiger partial charge in [0, 0.05) is 18.0 Å². The molecule has 0 saturated heterocycles. The van der Waals surface area contributed by atoms with Gasteiger partial charge in [-0.1, -0.05) is 6.92 Å². The zero-order valence-electron chi connectivity index (χ0n) is 8.48. The van der Waals surface area contributed by atoms with Crippen LogP contribution in [0.5, 0.6) is 0 Å². The summed E-state index contributed by atoms with van der Waals surface area (Å²) in [6, 6.07) is 1.74. The van der Waals surface area contributed by atoms with Crippen LogP contribution in [0.4, 0.5) is 0 Å². The quantitative estimate of drug-likeness (QED) is 0.794. The number of H-pyrrole nitrogens is 1. The molecule has 0 radical (unpaired) electrons. The van der Waals surface area contributed by atoms with Crippen LogP contribution in [0.3, 0.4) is 0 Å². The zero-order chi connectivity index (χ0) is 11.4. The van der Waals surface area contributed by atoms with E-state index in [1.165, 1.54) is 10.8 Å². The molecule has 0 amide bonds. The largest absolute Gasteiger partial charge is 0.328 e. The van der Waals surface area contributed by atoms with Crippen LogP contribution in [0.25, 0.3) is 0 Å². The van der Waals surface area contributed by atoms with Crippen LogP contribution in [0.1, 0.15) is 12.5 Å². The van der Waals surface area contributed by atoms with Gasteiger partial charge in [0.1, 0.15) is 11.6 Å². The van der Waals surface area contributed by atoms with Gasteiger partial charge in [-0.25, -0.2) is 4.79 Å². The molecular weight excluding hydrogens is 214 g/mol. The highest BCUT2D eigenvalue weighted by Crippen LogP contribution is 2.06. The number of aromatic amines is 1. The van der Waals surface area contributed by atoms with Gasteiger partial charge in [0.2, 0.25) is 0 Å². The topological polar surface area (TPSA) is 78.7 Å². The van der Waals surface area contributed by atoms with Crippen LogP contribution in [0, 0.1) is 11.3 Å². The second kappa shape index (κ2) is 4.84. The lowest BCUT2D eigenvalue weighted by atomic mass is 10.3. The molecule has 0 bridgehead atoms. The number of aromatic nitrogens is 2. The van der Waals surface area contributed by atoms with Crippen molar-refractivity contribution in [3.63, 3.8) is 0 Å². The summed E-state index contributed by atoms with van der Waals surface area (Å²) >= 11 is 1.61. The molecule has 1 unspecified atom stereocenters. The maximum Gasteiger partial charge on any atom is 0.328 e. The summed E-state index contributed by atoms with van der Waals surface area (Å²) in [7, 11) is 0. The fourth-order valence-electron chi connectivity index (χ4n) is 1.08. The van der Waals surface area contributed by atoms with E-state index in [0.717, 1.165) is 0 Å². The van der Waals surface area contributed by atoms with Gasteiger partial charge in [0.15, 0.2) is 0 Å². The van der Waals surface area contributed by atoms with Gasteiger partial charge in [-0.05, 0) is 6.26 Å². The van der Waals surface area contributed by atoms with Crippen LogP contribution < -0.4 is 11.2 Å². The Morgan fingerprint density at radius 2 is 2.33 bits per heavy atom. The van der Waals surface area contributed by atoms with Crippen molar-refractivity contribution in [3.05, 3.63) is 32.6 Å². The average Bonchev–Trinajstić information content (AvgIpc) is 2.21. The smallest absolute Gasteiger partial charge is 0.298 e. The van der Waals surface area contributed by atoms with Crippen molar-refractivity contribution in [2.24, 2.45) is 0 Å². The Balaban J connectivity index is 3.15. The Labute approximate surface area is 90.7 Å². The van der Waals surface area contributed by atoms with Gasteiger partial charge in [0.05, 0.1) is 0 Å². The number of nitrogens with zero attached hydrogens (tertiary/aromatic N) is 2. The van der Waals surface area contributed by atoms with Crippen LogP contribution >= 0.6 is 11.8 Å². The number of nitriles is 1. The summed E-state index contributed by atoms with van der Waals surface area (Å²) in [6.45, 7) is 2.44. The van der Waals surface area contributed by atoms with Crippen LogP contribution in [0.15, 0.2) is 15.8 Å². The predicted molar refractivity (Wildman–Crippen MR) is 59.0 cm³/mol. The van der Waals surface area contributed by atoms with Crippen LogP contribution in [-0.2, 0) is 6.54 Å². The molecule has 0 aliphatic carbocycles. The first-order chi connectivity index (χ1) is 7.08. The van der Waals surface area contributed by atoms with Crippen LogP contribution in [-0.4, -0.2) is 21.1 Å². The molecule has 1 aromatic heterocycles. The monoisotopic (exact) mass is 225 g/mol. The molecular formula is C9H11N3O2S. The summed E-state index contributed by atoms with van der Waals surface area (Å²) in [5.74, 6) is 0. The van der Waals surface area contributed by atoms with Crippen LogP contribution in [0.2, 0.25) is 0 Å². The van der Waals surface area contributed by atoms with Gasteiger partial charge in [-0.3, -0.25) is 14.3 Å². The second-order valence-corrected chi connectivity index (χ2v) is 4.39. The number of hydrogen-bond donors (Lipinski definition) is 1. The average molecular weight is 225 g/mol. The summed E-state index contributed by atoms with van der Waals surface area (Å²) < 4.78 is 1.35. The highest BCUT2D eigenvalue weighted by molar-refractivity contribution is 7.99. The molecule has 1 heterocycles. The van der Waals surface area contributed by atoms with E-state index in [0.29, 0.717) is 6.54 Å². The highest BCUT2D eigenvalue weighted by Gasteiger charge is 2.06. The second-order valence-electron chi connectivity index (χ2n) is 3.11. The number of rotatable bonds is 3. The third kappa shape index (κ3) is 2.73. The lowest BCUT2D eigenvalue weighted by Gasteiger charge is -2.09. The molecule has 0 aliphatic rings. The predicted octanol–water partition coefficient (Wildman–Crippen LogP) is 0.160. The van der Waals surface area contributed by atoms with Crippen molar-refractivity contribution in [2.45, 2.75) is 18.7 Å². The highest BCUT2D eigenvalue weighted by atomic mass is 32.2. The number of nitrogens with one attached hydrogen (secondary N) is 1. The Morgan fingerprint density at radius 1 is 1.67 bits per heavy atom. The minimum absolute atomic E-state index is 0.0390. The van der Waals surface area contributed by atoms with Crippen molar-refractivity contribution in [1.29, 1.82) is 5.26 Å². The molecule has 15 heavy (non-hydrogen) atoms. The van der Waals surface area contributed by atoms with Crippen molar-refractivity contribution in [3.8, 4) is 6.07 Å². The van der Waals surface area contributed by atoms with E-state index in [1.54, 1.807) is 17.8 Å². The molecule has 5 nitrogen and oxygen atoms in total. The number of hydrogen-bond acceptors (Lipinski definition) is 4. The Hall–Kier alpha value is -1.48. The molecule has 80 valence electrons. The summed E-state index contributed by atoms with van der Waals surface area (Å²) in [6.07, 6.45) is 3.24. The van der Waals surface area contributed by atoms with Gasteiger partial charge in [-0.15, -0.1) is 0 Å². The molecule has 1 N–H and O–H groups in total. The third-order valence-corrected chi connectivity index (χ3v) is 2.94. The van der Waals surface area contributed by atoms with E-state index < -0.39 is 11.2 Å².